The summed E-state index contributed by atoms with van der Waals surface area (Å²) in [6.07, 6.45) is 1.82. The third kappa shape index (κ3) is 2.82. The van der Waals surface area contributed by atoms with Crippen LogP contribution in [0.15, 0.2) is 61.2 Å². The predicted molar refractivity (Wildman–Crippen MR) is 93.1 cm³/mol. The summed E-state index contributed by atoms with van der Waals surface area (Å²) >= 11 is 0. The Bertz CT molecular complexity index is 815. The summed E-state index contributed by atoms with van der Waals surface area (Å²) in [6, 6.07) is 16.5. The van der Waals surface area contributed by atoms with E-state index in [2.05, 4.69) is 20.4 Å². The normalized spacial score (nSPS) is 11.0. The van der Waals surface area contributed by atoms with Crippen molar-refractivity contribution in [1.29, 1.82) is 0 Å². The van der Waals surface area contributed by atoms with Crippen molar-refractivity contribution in [3.05, 3.63) is 78.4 Å². The minimum absolute atomic E-state index is 0.251. The summed E-state index contributed by atoms with van der Waals surface area (Å²) in [4.78, 5) is 4.85. The Morgan fingerprint density at radius 2 is 1.70 bits per heavy atom. The zero-order valence-corrected chi connectivity index (χ0v) is 13.3. The molecule has 2 nitrogen and oxygen atoms in total. The molecule has 0 atom stereocenters. The fourth-order valence-electron chi connectivity index (χ4n) is 2.70. The van der Waals surface area contributed by atoms with Gasteiger partial charge in [-0.1, -0.05) is 50.8 Å². The van der Waals surface area contributed by atoms with Gasteiger partial charge in [0.1, 0.15) is 11.6 Å². The van der Waals surface area contributed by atoms with Gasteiger partial charge in [-0.15, -0.1) is 0 Å². The van der Waals surface area contributed by atoms with E-state index in [0.29, 0.717) is 0 Å². The molecule has 0 fully saturated rings. The van der Waals surface area contributed by atoms with Crippen molar-refractivity contribution in [2.75, 3.05) is 0 Å². The lowest BCUT2D eigenvalue weighted by Crippen LogP contribution is -2.00. The highest BCUT2D eigenvalue weighted by molar-refractivity contribution is 5.65. The van der Waals surface area contributed by atoms with Crippen molar-refractivity contribution in [1.82, 2.24) is 9.55 Å². The van der Waals surface area contributed by atoms with Crippen LogP contribution >= 0.6 is 0 Å². The van der Waals surface area contributed by atoms with Gasteiger partial charge in [0.05, 0.1) is 11.4 Å². The minimum atomic E-state index is -0.251. The average Bonchev–Trinajstić information content (AvgIpc) is 2.96. The quantitative estimate of drug-likeness (QED) is 0.627. The lowest BCUT2D eigenvalue weighted by Gasteiger charge is -2.11. The Hall–Kier alpha value is -2.68. The molecule has 3 rings (SSSR count). The van der Waals surface area contributed by atoms with E-state index < -0.39 is 0 Å². The van der Waals surface area contributed by atoms with Crippen LogP contribution in [0.3, 0.4) is 0 Å². The third-order valence-electron chi connectivity index (χ3n) is 3.80. The first kappa shape index (κ1) is 15.2. The molecule has 0 aliphatic carbocycles. The summed E-state index contributed by atoms with van der Waals surface area (Å²) in [5.41, 5.74) is 3.83. The molecule has 0 spiro atoms. The molecule has 0 aliphatic heterocycles. The summed E-state index contributed by atoms with van der Waals surface area (Å²) in [5.74, 6) is 0.863. The number of imidazole rings is 1. The Morgan fingerprint density at radius 1 is 1.04 bits per heavy atom. The van der Waals surface area contributed by atoms with E-state index in [1.54, 1.807) is 12.1 Å². The molecule has 0 bridgehead atoms. The lowest BCUT2D eigenvalue weighted by molar-refractivity contribution is 0.627. The molecule has 0 aliphatic rings. The molecule has 1 heterocycles. The first-order valence-corrected chi connectivity index (χ1v) is 7.68. The van der Waals surface area contributed by atoms with Crippen LogP contribution in [0.1, 0.15) is 31.2 Å². The van der Waals surface area contributed by atoms with E-state index in [-0.39, 0.29) is 11.7 Å². The first-order valence-electron chi connectivity index (χ1n) is 7.68. The van der Waals surface area contributed by atoms with Gasteiger partial charge < -0.3 is 0 Å². The molecule has 3 heteroatoms. The zero-order valence-electron chi connectivity index (χ0n) is 13.3. The lowest BCUT2D eigenvalue weighted by atomic mass is 10.1. The van der Waals surface area contributed by atoms with Crippen molar-refractivity contribution in [2.24, 2.45) is 0 Å². The number of hydrogen-bond acceptors (Lipinski definition) is 1. The second kappa shape index (κ2) is 6.21. The third-order valence-corrected chi connectivity index (χ3v) is 3.80. The monoisotopic (exact) mass is 306 g/mol. The highest BCUT2D eigenvalue weighted by atomic mass is 19.1. The van der Waals surface area contributed by atoms with Gasteiger partial charge in [0.15, 0.2) is 0 Å². The Labute approximate surface area is 135 Å². The van der Waals surface area contributed by atoms with Gasteiger partial charge in [0, 0.05) is 11.3 Å². The van der Waals surface area contributed by atoms with Crippen LogP contribution in [-0.4, -0.2) is 9.55 Å². The molecule has 0 amide bonds. The SMILES string of the molecule is C=Cc1c(C(C)C)nc(-c2ccccc2)n1-c1ccc(F)cc1. The second-order valence-electron chi connectivity index (χ2n) is 5.74. The van der Waals surface area contributed by atoms with E-state index in [4.69, 9.17) is 4.98 Å². The molecule has 116 valence electrons. The number of halogens is 1. The highest BCUT2D eigenvalue weighted by Crippen LogP contribution is 2.30. The molecule has 0 unspecified atom stereocenters. The van der Waals surface area contributed by atoms with Crippen LogP contribution in [-0.2, 0) is 0 Å². The van der Waals surface area contributed by atoms with Gasteiger partial charge in [0.25, 0.3) is 0 Å². The van der Waals surface area contributed by atoms with Crippen LogP contribution in [0.25, 0.3) is 23.2 Å². The van der Waals surface area contributed by atoms with Crippen LogP contribution in [0.5, 0.6) is 0 Å². The summed E-state index contributed by atoms with van der Waals surface area (Å²) in [5, 5.41) is 0. The molecule has 23 heavy (non-hydrogen) atoms. The van der Waals surface area contributed by atoms with Gasteiger partial charge in [-0.3, -0.25) is 4.57 Å². The van der Waals surface area contributed by atoms with Crippen LogP contribution in [0.4, 0.5) is 4.39 Å². The van der Waals surface area contributed by atoms with Crippen LogP contribution in [0.2, 0.25) is 0 Å². The number of benzene rings is 2. The van der Waals surface area contributed by atoms with Crippen molar-refractivity contribution >= 4 is 6.08 Å². The van der Waals surface area contributed by atoms with Gasteiger partial charge in [-0.25, -0.2) is 9.37 Å². The summed E-state index contributed by atoms with van der Waals surface area (Å²) in [7, 11) is 0. The van der Waals surface area contributed by atoms with Crippen LogP contribution < -0.4 is 0 Å². The topological polar surface area (TPSA) is 17.8 Å². The van der Waals surface area contributed by atoms with Gasteiger partial charge in [-0.05, 0) is 36.3 Å². The second-order valence-corrected chi connectivity index (χ2v) is 5.74. The van der Waals surface area contributed by atoms with Crippen molar-refractivity contribution in [3.8, 4) is 17.1 Å². The first-order chi connectivity index (χ1) is 11.1. The standard InChI is InChI=1S/C20H19FN2/c1-4-18-19(14(2)3)22-20(15-8-6-5-7-9-15)23(18)17-12-10-16(21)11-13-17/h4-14H,1H2,2-3H3. The molecule has 3 aromatic rings. The molecular weight excluding hydrogens is 287 g/mol. The van der Waals surface area contributed by atoms with Gasteiger partial charge in [-0.2, -0.15) is 0 Å². The maximum absolute atomic E-state index is 13.3. The van der Waals surface area contributed by atoms with E-state index in [9.17, 15) is 4.39 Å². The van der Waals surface area contributed by atoms with E-state index >= 15 is 0 Å². The Kier molecular flexibility index (Phi) is 4.11. The van der Waals surface area contributed by atoms with Crippen molar-refractivity contribution in [2.45, 2.75) is 19.8 Å². The van der Waals surface area contributed by atoms with Crippen molar-refractivity contribution < 1.29 is 4.39 Å². The highest BCUT2D eigenvalue weighted by Gasteiger charge is 2.19. The molecule has 2 aromatic carbocycles. The maximum atomic E-state index is 13.3. The average molecular weight is 306 g/mol. The van der Waals surface area contributed by atoms with E-state index in [1.807, 2.05) is 41.0 Å². The minimum Gasteiger partial charge on any atom is -0.293 e. The Balaban J connectivity index is 2.30. The number of rotatable bonds is 4. The molecular formula is C20H19FN2. The largest absolute Gasteiger partial charge is 0.293 e. The maximum Gasteiger partial charge on any atom is 0.145 e. The fraction of sp³-hybridized carbons (Fsp3) is 0.150. The predicted octanol–water partition coefficient (Wildman–Crippen LogP) is 5.44. The van der Waals surface area contributed by atoms with E-state index in [1.165, 1.54) is 12.1 Å². The molecule has 0 saturated carbocycles. The number of aromatic nitrogens is 2. The number of nitrogens with zero attached hydrogens (tertiary/aromatic N) is 2. The smallest absolute Gasteiger partial charge is 0.145 e. The molecule has 0 saturated heterocycles. The zero-order chi connectivity index (χ0) is 16.4. The Morgan fingerprint density at radius 3 is 2.26 bits per heavy atom. The van der Waals surface area contributed by atoms with Crippen LogP contribution in [0, 0.1) is 5.82 Å². The molecule has 1 aromatic heterocycles. The molecule has 0 radical (unpaired) electrons. The van der Waals surface area contributed by atoms with Crippen molar-refractivity contribution in [3.63, 3.8) is 0 Å². The van der Waals surface area contributed by atoms with E-state index in [0.717, 1.165) is 28.5 Å². The number of hydrogen-bond donors (Lipinski definition) is 0. The van der Waals surface area contributed by atoms with Gasteiger partial charge in [0.2, 0.25) is 0 Å². The molecule has 0 N–H and O–H groups in total. The summed E-state index contributed by atoms with van der Waals surface area (Å²) < 4.78 is 15.3. The summed E-state index contributed by atoms with van der Waals surface area (Å²) in [6.45, 7) is 8.17. The fourth-order valence-corrected chi connectivity index (χ4v) is 2.70. The van der Waals surface area contributed by atoms with Gasteiger partial charge >= 0.3 is 0 Å².